The Kier molecular flexibility index (Phi) is 3.42. The fourth-order valence-electron chi connectivity index (χ4n) is 4.51. The molecule has 0 saturated carbocycles. The van der Waals surface area contributed by atoms with Gasteiger partial charge >= 0.3 is 0 Å². The number of hydrogen-bond donors (Lipinski definition) is 0. The molecule has 0 unspecified atom stereocenters. The van der Waals surface area contributed by atoms with Crippen LogP contribution < -0.4 is 4.90 Å². The van der Waals surface area contributed by atoms with Gasteiger partial charge in [0.15, 0.2) is 5.78 Å². The Morgan fingerprint density at radius 1 is 0.963 bits per heavy atom. The van der Waals surface area contributed by atoms with Crippen LogP contribution in [0.2, 0.25) is 0 Å². The number of carbonyl (C=O) groups is 3. The second-order valence-electron chi connectivity index (χ2n) is 7.21. The highest BCUT2D eigenvalue weighted by Gasteiger charge is 2.68. The Morgan fingerprint density at radius 2 is 1.63 bits per heavy atom. The largest absolute Gasteiger partial charge is 0.361 e. The molecule has 5 rings (SSSR count). The lowest BCUT2D eigenvalue weighted by atomic mass is 9.74. The summed E-state index contributed by atoms with van der Waals surface area (Å²) >= 11 is 0. The van der Waals surface area contributed by atoms with E-state index in [1.165, 1.54) is 4.90 Å². The average Bonchev–Trinajstić information content (AvgIpc) is 3.33. The predicted molar refractivity (Wildman–Crippen MR) is 98.0 cm³/mol. The van der Waals surface area contributed by atoms with E-state index in [9.17, 15) is 14.4 Å². The van der Waals surface area contributed by atoms with Crippen molar-refractivity contribution in [3.63, 3.8) is 0 Å². The zero-order valence-corrected chi connectivity index (χ0v) is 14.4. The zero-order chi connectivity index (χ0) is 18.6. The van der Waals surface area contributed by atoms with Gasteiger partial charge in [0.1, 0.15) is 5.60 Å². The molecule has 3 aliphatic rings. The number of amides is 2. The van der Waals surface area contributed by atoms with Crippen LogP contribution in [0.5, 0.6) is 0 Å². The normalized spacial score (nSPS) is 30.8. The fraction of sp³-hybridized carbons (Fsp3) is 0.227. The minimum Gasteiger partial charge on any atom is -0.361 e. The van der Waals surface area contributed by atoms with Crippen molar-refractivity contribution in [3.05, 3.63) is 78.4 Å². The lowest BCUT2D eigenvalue weighted by Gasteiger charge is -2.28. The van der Waals surface area contributed by atoms with Crippen LogP contribution in [0.4, 0.5) is 5.69 Å². The van der Waals surface area contributed by atoms with Crippen LogP contribution in [-0.2, 0) is 14.3 Å². The molecule has 0 N–H and O–H groups in total. The molecular formula is C22H17NO4. The van der Waals surface area contributed by atoms with Gasteiger partial charge < -0.3 is 4.74 Å². The van der Waals surface area contributed by atoms with Crippen LogP contribution in [0.25, 0.3) is 0 Å². The third-order valence-corrected chi connectivity index (χ3v) is 5.70. The average molecular weight is 359 g/mol. The summed E-state index contributed by atoms with van der Waals surface area (Å²) in [5.41, 5.74) is 0.0942. The Morgan fingerprint density at radius 3 is 2.33 bits per heavy atom. The van der Waals surface area contributed by atoms with Gasteiger partial charge in [0.2, 0.25) is 11.8 Å². The molecular weight excluding hydrogens is 342 g/mol. The second-order valence-corrected chi connectivity index (χ2v) is 7.21. The third kappa shape index (κ3) is 2.25. The molecule has 2 amide bonds. The van der Waals surface area contributed by atoms with Gasteiger partial charge in [0.05, 0.1) is 23.6 Å². The van der Waals surface area contributed by atoms with Crippen molar-refractivity contribution in [2.75, 3.05) is 4.90 Å². The molecule has 2 aromatic rings. The number of rotatable bonds is 4. The number of hydrogen-bond acceptors (Lipinski definition) is 4. The first-order chi connectivity index (χ1) is 13.1. The lowest BCUT2D eigenvalue weighted by Crippen LogP contribution is -2.42. The summed E-state index contributed by atoms with van der Waals surface area (Å²) < 4.78 is 6.04. The van der Waals surface area contributed by atoms with Gasteiger partial charge in [-0.05, 0) is 12.1 Å². The molecule has 2 aromatic carbocycles. The lowest BCUT2D eigenvalue weighted by molar-refractivity contribution is -0.126. The number of nitrogens with zero attached hydrogens (tertiary/aromatic N) is 1. The van der Waals surface area contributed by atoms with Crippen LogP contribution in [0.3, 0.4) is 0 Å². The molecule has 0 radical (unpaired) electrons. The topological polar surface area (TPSA) is 63.7 Å². The summed E-state index contributed by atoms with van der Waals surface area (Å²) in [4.78, 5) is 40.2. The maximum absolute atomic E-state index is 13.2. The van der Waals surface area contributed by atoms with E-state index in [4.69, 9.17) is 4.74 Å². The van der Waals surface area contributed by atoms with E-state index in [1.807, 2.05) is 18.2 Å². The standard InChI is InChI=1S/C22H17NO4/c24-16(14-7-3-1-4-8-14)13-22-12-11-17(27-22)18-19(22)21(26)23(20(18)25)15-9-5-2-6-10-15/h1-12,17-19H,13H2/t17-,18+,19+,22+/m0/s1. The number of ketones is 1. The predicted octanol–water partition coefficient (Wildman–Crippen LogP) is 2.77. The molecule has 2 saturated heterocycles. The van der Waals surface area contributed by atoms with E-state index < -0.39 is 23.5 Å². The molecule has 2 fully saturated rings. The van der Waals surface area contributed by atoms with Gasteiger partial charge in [-0.1, -0.05) is 60.7 Å². The Hall–Kier alpha value is -3.05. The molecule has 0 aliphatic carbocycles. The summed E-state index contributed by atoms with van der Waals surface area (Å²) in [6, 6.07) is 17.9. The highest BCUT2D eigenvalue weighted by atomic mass is 16.5. The highest BCUT2D eigenvalue weighted by Crippen LogP contribution is 2.54. The fourth-order valence-corrected chi connectivity index (χ4v) is 4.51. The molecule has 134 valence electrons. The number of Topliss-reactive ketones (excluding diaryl/α,β-unsaturated/α-hetero) is 1. The summed E-state index contributed by atoms with van der Waals surface area (Å²) in [6.45, 7) is 0. The van der Waals surface area contributed by atoms with Gasteiger partial charge in [-0.25, -0.2) is 4.90 Å². The molecule has 3 heterocycles. The first kappa shape index (κ1) is 16.1. The van der Waals surface area contributed by atoms with Crippen molar-refractivity contribution in [1.82, 2.24) is 0 Å². The number of anilines is 1. The first-order valence-corrected chi connectivity index (χ1v) is 8.99. The molecule has 0 aromatic heterocycles. The first-order valence-electron chi connectivity index (χ1n) is 8.99. The Balaban J connectivity index is 1.49. The SMILES string of the molecule is O=C(C[C@@]12C=C[C@H](O1)[C@H]1C(=O)N(c3ccccc3)C(=O)[C@@H]12)c1ccccc1. The van der Waals surface area contributed by atoms with Gasteiger partial charge in [0.25, 0.3) is 0 Å². The van der Waals surface area contributed by atoms with E-state index in [0.29, 0.717) is 11.3 Å². The van der Waals surface area contributed by atoms with E-state index in [-0.39, 0.29) is 24.0 Å². The van der Waals surface area contributed by atoms with Crippen LogP contribution in [0.1, 0.15) is 16.8 Å². The maximum atomic E-state index is 13.2. The zero-order valence-electron chi connectivity index (χ0n) is 14.4. The molecule has 5 heteroatoms. The molecule has 5 nitrogen and oxygen atoms in total. The minimum atomic E-state index is -1.04. The number of para-hydroxylation sites is 1. The maximum Gasteiger partial charge on any atom is 0.241 e. The monoisotopic (exact) mass is 359 g/mol. The van der Waals surface area contributed by atoms with Crippen molar-refractivity contribution in [2.45, 2.75) is 18.1 Å². The van der Waals surface area contributed by atoms with Gasteiger partial charge in [0, 0.05) is 12.0 Å². The number of imide groups is 1. The van der Waals surface area contributed by atoms with E-state index in [1.54, 1.807) is 54.6 Å². The summed E-state index contributed by atoms with van der Waals surface area (Å²) in [5.74, 6) is -1.86. The number of benzene rings is 2. The highest BCUT2D eigenvalue weighted by molar-refractivity contribution is 6.23. The Labute approximate surface area is 156 Å². The molecule has 2 bridgehead atoms. The summed E-state index contributed by atoms with van der Waals surface area (Å²) in [5, 5.41) is 0. The van der Waals surface area contributed by atoms with Crippen molar-refractivity contribution < 1.29 is 19.1 Å². The van der Waals surface area contributed by atoms with Crippen LogP contribution in [0, 0.1) is 11.8 Å². The molecule has 4 atom stereocenters. The summed E-state index contributed by atoms with van der Waals surface area (Å²) in [6.07, 6.45) is 3.22. The van der Waals surface area contributed by atoms with E-state index >= 15 is 0 Å². The second kappa shape index (κ2) is 5.72. The summed E-state index contributed by atoms with van der Waals surface area (Å²) in [7, 11) is 0. The van der Waals surface area contributed by atoms with Crippen molar-refractivity contribution >= 4 is 23.3 Å². The number of ether oxygens (including phenoxy) is 1. The molecule has 0 spiro atoms. The van der Waals surface area contributed by atoms with Gasteiger partial charge in [-0.3, -0.25) is 14.4 Å². The molecule has 27 heavy (non-hydrogen) atoms. The van der Waals surface area contributed by atoms with E-state index in [0.717, 1.165) is 0 Å². The number of carbonyl (C=O) groups excluding carboxylic acids is 3. The minimum absolute atomic E-state index is 0.0484. The van der Waals surface area contributed by atoms with E-state index in [2.05, 4.69) is 0 Å². The third-order valence-electron chi connectivity index (χ3n) is 5.70. The number of fused-ring (bicyclic) bond motifs is 5. The van der Waals surface area contributed by atoms with Gasteiger partial charge in [-0.2, -0.15) is 0 Å². The van der Waals surface area contributed by atoms with Crippen molar-refractivity contribution in [3.8, 4) is 0 Å². The van der Waals surface area contributed by atoms with Crippen molar-refractivity contribution in [1.29, 1.82) is 0 Å². The van der Waals surface area contributed by atoms with Crippen LogP contribution >= 0.6 is 0 Å². The van der Waals surface area contributed by atoms with Crippen LogP contribution in [0.15, 0.2) is 72.8 Å². The van der Waals surface area contributed by atoms with Crippen molar-refractivity contribution in [2.24, 2.45) is 11.8 Å². The molecule has 3 aliphatic heterocycles. The Bertz CT molecular complexity index is 968. The van der Waals surface area contributed by atoms with Gasteiger partial charge in [-0.15, -0.1) is 0 Å². The smallest absolute Gasteiger partial charge is 0.241 e. The quantitative estimate of drug-likeness (QED) is 0.478. The van der Waals surface area contributed by atoms with Crippen LogP contribution in [-0.4, -0.2) is 29.3 Å².